The van der Waals surface area contributed by atoms with Gasteiger partial charge in [-0.3, -0.25) is 0 Å². The zero-order valence-electron chi connectivity index (χ0n) is 11.9. The molecule has 0 saturated carbocycles. The van der Waals surface area contributed by atoms with Crippen molar-refractivity contribution in [3.63, 3.8) is 0 Å². The van der Waals surface area contributed by atoms with E-state index in [9.17, 15) is 13.9 Å². The third kappa shape index (κ3) is 5.36. The van der Waals surface area contributed by atoms with E-state index in [1.807, 2.05) is 13.0 Å². The molecule has 0 radical (unpaired) electrons. The molecular weight excluding hydrogens is 367 g/mol. The molecule has 0 bridgehead atoms. The van der Waals surface area contributed by atoms with Crippen LogP contribution in [-0.2, 0) is 17.0 Å². The first-order valence-electron chi connectivity index (χ1n) is 6.15. The van der Waals surface area contributed by atoms with E-state index in [0.29, 0.717) is 11.1 Å². The molecule has 116 valence electrons. The molecule has 2 rings (SSSR count). The second-order valence-corrected chi connectivity index (χ2v) is 7.00. The molecule has 0 heterocycles. The fraction of sp³-hybridized carbons (Fsp3) is 0.133. The Kier molecular flexibility index (Phi) is 8.04. The van der Waals surface area contributed by atoms with E-state index in [4.69, 9.17) is 18.6 Å². The first-order valence-corrected chi connectivity index (χ1v) is 10.4. The number of hydrogen-bond acceptors (Lipinski definition) is 2. The van der Waals surface area contributed by atoms with Gasteiger partial charge in [-0.1, -0.05) is 12.1 Å². The van der Waals surface area contributed by atoms with Gasteiger partial charge in [0, 0.05) is 11.8 Å². The summed E-state index contributed by atoms with van der Waals surface area (Å²) in [4.78, 5) is 3.78. The number of rotatable bonds is 2. The van der Waals surface area contributed by atoms with Crippen LogP contribution in [0.15, 0.2) is 35.3 Å². The van der Waals surface area contributed by atoms with Crippen molar-refractivity contribution in [1.82, 2.24) is 0 Å². The number of aryl methyl sites for hydroxylation is 2. The number of benzene rings is 2. The van der Waals surface area contributed by atoms with Crippen LogP contribution < -0.4 is 0 Å². The standard InChI is InChI=1S/C15H13F2NO.2ClH.Ti/c1-9-6-10(2)15(19)11(7-9)8-18-14-12(16)4-3-5-13(14)17;;;/h3-8,19H,1-2H3;2*1H;/q;;;+2/p-2. The van der Waals surface area contributed by atoms with E-state index < -0.39 is 28.7 Å². The number of aliphatic imine (C=N–C) groups is 1. The number of nitrogens with zero attached hydrogens (tertiary/aromatic N) is 1. The SMILES string of the molecule is Cc1cc(C)c(O)c(C=Nc2c(F)cccc2F)c1.[Cl][Ti][Cl]. The zero-order chi connectivity index (χ0) is 16.7. The molecule has 0 aliphatic rings. The Morgan fingerprint density at radius 3 is 2.23 bits per heavy atom. The van der Waals surface area contributed by atoms with Crippen molar-refractivity contribution < 1.29 is 30.9 Å². The van der Waals surface area contributed by atoms with Crippen molar-refractivity contribution >= 4 is 30.5 Å². The monoisotopic (exact) mass is 379 g/mol. The first-order chi connectivity index (χ1) is 10.4. The molecular formula is C15H13Cl2F2NOTi. The van der Waals surface area contributed by atoms with E-state index in [1.165, 1.54) is 12.3 Å². The summed E-state index contributed by atoms with van der Waals surface area (Å²) in [7, 11) is 9.78. The van der Waals surface area contributed by atoms with Gasteiger partial charge >= 0.3 is 35.6 Å². The van der Waals surface area contributed by atoms with Crippen LogP contribution in [0.4, 0.5) is 14.5 Å². The molecule has 1 N–H and O–H groups in total. The Labute approximate surface area is 144 Å². The van der Waals surface area contributed by atoms with Crippen LogP contribution in [0.25, 0.3) is 0 Å². The Bertz CT molecular complexity index is 661. The van der Waals surface area contributed by atoms with Crippen LogP contribution >= 0.6 is 18.6 Å². The van der Waals surface area contributed by atoms with E-state index in [1.54, 1.807) is 13.0 Å². The van der Waals surface area contributed by atoms with Crippen LogP contribution in [0, 0.1) is 25.5 Å². The first kappa shape index (κ1) is 19.1. The number of aromatic hydroxyl groups is 1. The quantitative estimate of drug-likeness (QED) is 0.548. The number of hydrogen-bond donors (Lipinski definition) is 1. The summed E-state index contributed by atoms with van der Waals surface area (Å²) in [5.41, 5.74) is 1.70. The van der Waals surface area contributed by atoms with E-state index in [2.05, 4.69) is 4.99 Å². The maximum atomic E-state index is 13.4. The van der Waals surface area contributed by atoms with Crippen LogP contribution in [0.3, 0.4) is 0 Å². The molecule has 0 unspecified atom stereocenters. The molecule has 0 spiro atoms. The van der Waals surface area contributed by atoms with Gasteiger partial charge in [-0.25, -0.2) is 13.8 Å². The molecule has 7 heteroatoms. The van der Waals surface area contributed by atoms with Gasteiger partial charge in [0.2, 0.25) is 0 Å². The van der Waals surface area contributed by atoms with Crippen LogP contribution in [0.2, 0.25) is 0 Å². The molecule has 0 atom stereocenters. The normalized spacial score (nSPS) is 10.3. The molecule has 0 aliphatic heterocycles. The summed E-state index contributed by atoms with van der Waals surface area (Å²) < 4.78 is 26.8. The molecule has 0 saturated heterocycles. The molecule has 22 heavy (non-hydrogen) atoms. The predicted molar refractivity (Wildman–Crippen MR) is 82.9 cm³/mol. The van der Waals surface area contributed by atoms with Gasteiger partial charge in [-0.05, 0) is 43.2 Å². The third-order valence-electron chi connectivity index (χ3n) is 2.74. The molecule has 0 fully saturated rings. The van der Waals surface area contributed by atoms with Crippen molar-refractivity contribution in [2.24, 2.45) is 4.99 Å². The van der Waals surface area contributed by atoms with E-state index in [-0.39, 0.29) is 11.4 Å². The Balaban J connectivity index is 0.000000745. The summed E-state index contributed by atoms with van der Waals surface area (Å²) in [6, 6.07) is 7.06. The van der Waals surface area contributed by atoms with Gasteiger partial charge in [0.1, 0.15) is 11.4 Å². The van der Waals surface area contributed by atoms with Crippen molar-refractivity contribution in [3.8, 4) is 5.75 Å². The number of phenols is 1. The zero-order valence-corrected chi connectivity index (χ0v) is 14.9. The Morgan fingerprint density at radius 2 is 1.68 bits per heavy atom. The Morgan fingerprint density at radius 1 is 1.14 bits per heavy atom. The summed E-state index contributed by atoms with van der Waals surface area (Å²) in [5, 5.41) is 9.86. The molecule has 0 aromatic heterocycles. The average Bonchev–Trinajstić information content (AvgIpc) is 2.44. The number of para-hydroxylation sites is 1. The minimum absolute atomic E-state index is 0.0612. The summed E-state index contributed by atoms with van der Waals surface area (Å²) in [5.74, 6) is -1.41. The summed E-state index contributed by atoms with van der Waals surface area (Å²) in [6.07, 6.45) is 1.26. The van der Waals surface area contributed by atoms with Gasteiger partial charge in [0.25, 0.3) is 0 Å². The Hall–Kier alpha value is -0.936. The van der Waals surface area contributed by atoms with Gasteiger partial charge in [-0.15, -0.1) is 0 Å². The van der Waals surface area contributed by atoms with E-state index >= 15 is 0 Å². The fourth-order valence-electron chi connectivity index (χ4n) is 1.84. The van der Waals surface area contributed by atoms with Gasteiger partial charge in [0.15, 0.2) is 11.6 Å². The summed E-state index contributed by atoms with van der Waals surface area (Å²) >= 11 is -0.556. The van der Waals surface area contributed by atoms with Crippen molar-refractivity contribution in [3.05, 3.63) is 58.7 Å². The van der Waals surface area contributed by atoms with Crippen LogP contribution in [0.1, 0.15) is 16.7 Å². The van der Waals surface area contributed by atoms with Crippen molar-refractivity contribution in [1.29, 1.82) is 0 Å². The van der Waals surface area contributed by atoms with Gasteiger partial charge in [-0.2, -0.15) is 0 Å². The molecule has 0 aliphatic carbocycles. The molecule has 2 nitrogen and oxygen atoms in total. The third-order valence-corrected chi connectivity index (χ3v) is 2.74. The molecule has 0 amide bonds. The molecule has 2 aromatic rings. The van der Waals surface area contributed by atoms with Crippen molar-refractivity contribution in [2.75, 3.05) is 0 Å². The second-order valence-electron chi connectivity index (χ2n) is 4.42. The van der Waals surface area contributed by atoms with Crippen LogP contribution in [0.5, 0.6) is 5.75 Å². The second kappa shape index (κ2) is 9.26. The minimum atomic E-state index is -0.736. The average molecular weight is 380 g/mol. The van der Waals surface area contributed by atoms with Gasteiger partial charge < -0.3 is 5.11 Å². The van der Waals surface area contributed by atoms with Gasteiger partial charge in [0.05, 0.1) is 0 Å². The predicted octanol–water partition coefficient (Wildman–Crippen LogP) is 5.41. The van der Waals surface area contributed by atoms with E-state index in [0.717, 1.165) is 17.7 Å². The number of phenolic OH excluding ortho intramolecular Hbond substituents is 1. The van der Waals surface area contributed by atoms with Crippen molar-refractivity contribution in [2.45, 2.75) is 13.8 Å². The number of halogens is 4. The topological polar surface area (TPSA) is 32.6 Å². The van der Waals surface area contributed by atoms with Crippen LogP contribution in [-0.4, -0.2) is 11.3 Å². The maximum absolute atomic E-state index is 13.4. The summed E-state index contributed by atoms with van der Waals surface area (Å²) in [6.45, 7) is 3.62. The fourth-order valence-corrected chi connectivity index (χ4v) is 1.84. The molecule has 2 aromatic carbocycles.